The number of carbonyl (C=O) groups is 2. The van der Waals surface area contributed by atoms with Crippen molar-refractivity contribution in [1.82, 2.24) is 0 Å². The van der Waals surface area contributed by atoms with Crippen molar-refractivity contribution in [3.8, 4) is 0 Å². The van der Waals surface area contributed by atoms with Gasteiger partial charge in [-0.05, 0) is 83.5 Å². The molecule has 0 aromatic carbocycles. The van der Waals surface area contributed by atoms with Gasteiger partial charge in [-0.3, -0.25) is 18.6 Å². The third kappa shape index (κ3) is 42.6. The number of rotatable bonds is 40. The number of phosphoric ester groups is 1. The molecule has 0 radical (unpaired) electrons. The molecule has 1 unspecified atom stereocenters. The van der Waals surface area contributed by atoms with E-state index in [1.165, 1.54) is 70.6 Å². The molecule has 0 bridgehead atoms. The molecule has 3 N–H and O–H groups in total. The minimum Gasteiger partial charge on any atom is -0.462 e. The fourth-order valence-electron chi connectivity index (χ4n) is 5.47. The summed E-state index contributed by atoms with van der Waals surface area (Å²) in [5, 5.41) is 0. The van der Waals surface area contributed by atoms with Crippen LogP contribution in [-0.4, -0.2) is 49.3 Å². The lowest BCUT2D eigenvalue weighted by atomic mass is 10.1. The van der Waals surface area contributed by atoms with Crippen molar-refractivity contribution >= 4 is 19.8 Å². The summed E-state index contributed by atoms with van der Waals surface area (Å²) in [7, 11) is -4.40. The van der Waals surface area contributed by atoms with Crippen LogP contribution in [0, 0.1) is 0 Å². The second-order valence-corrected chi connectivity index (χ2v) is 15.7. The van der Waals surface area contributed by atoms with Crippen molar-refractivity contribution in [2.24, 2.45) is 5.73 Å². The average molecular weight is 818 g/mol. The molecule has 0 spiro atoms. The number of phosphoric acid groups is 1. The molecule has 2 atom stereocenters. The Bertz CT molecular complexity index is 1210. The van der Waals surface area contributed by atoms with Gasteiger partial charge in [0.05, 0.1) is 13.2 Å². The number of hydrogen-bond donors (Lipinski definition) is 2. The zero-order valence-electron chi connectivity index (χ0n) is 35.8. The summed E-state index contributed by atoms with van der Waals surface area (Å²) in [5.74, 6) is -0.941. The molecular formula is C47H80NO8P. The SMILES string of the molecule is CCCCC/C=C\C/C=C\C/C=C\C/C=C\C/C=C\CCC(=O)O[C@H](COC(=O)CCCCCCCCC/C=C\C/C=C\CCCCC)COP(=O)(O)OCCN. The Labute approximate surface area is 347 Å². The maximum absolute atomic E-state index is 12.6. The van der Waals surface area contributed by atoms with Crippen molar-refractivity contribution in [2.75, 3.05) is 26.4 Å². The normalized spacial score (nSPS) is 14.1. The minimum atomic E-state index is -4.40. The van der Waals surface area contributed by atoms with E-state index in [1.54, 1.807) is 0 Å². The molecule has 0 heterocycles. The number of allylic oxidation sites excluding steroid dienone is 14. The summed E-state index contributed by atoms with van der Waals surface area (Å²) in [5.41, 5.74) is 5.34. The molecule has 0 saturated heterocycles. The highest BCUT2D eigenvalue weighted by Gasteiger charge is 2.25. The van der Waals surface area contributed by atoms with E-state index in [1.807, 2.05) is 12.2 Å². The summed E-state index contributed by atoms with van der Waals surface area (Å²) in [6.45, 7) is 3.57. The fraction of sp³-hybridized carbons (Fsp3) is 0.660. The van der Waals surface area contributed by atoms with E-state index in [-0.39, 0.29) is 32.6 Å². The molecule has 0 aliphatic rings. The van der Waals surface area contributed by atoms with Crippen molar-refractivity contribution in [1.29, 1.82) is 0 Å². The predicted molar refractivity (Wildman–Crippen MR) is 238 cm³/mol. The second kappa shape index (κ2) is 42.8. The summed E-state index contributed by atoms with van der Waals surface area (Å²) in [4.78, 5) is 34.9. The van der Waals surface area contributed by atoms with E-state index in [2.05, 4.69) is 86.8 Å². The van der Waals surface area contributed by atoms with E-state index in [0.717, 1.165) is 57.8 Å². The fourth-order valence-corrected chi connectivity index (χ4v) is 6.23. The Kier molecular flexibility index (Phi) is 40.7. The number of unbranched alkanes of at least 4 members (excludes halogenated alkanes) is 13. The number of ether oxygens (including phenoxy) is 2. The van der Waals surface area contributed by atoms with Crippen LogP contribution in [0.15, 0.2) is 85.1 Å². The maximum Gasteiger partial charge on any atom is 0.472 e. The lowest BCUT2D eigenvalue weighted by Gasteiger charge is -2.19. The van der Waals surface area contributed by atoms with E-state index in [0.29, 0.717) is 12.8 Å². The Balaban J connectivity index is 4.30. The molecular weight excluding hydrogens is 737 g/mol. The second-order valence-electron chi connectivity index (χ2n) is 14.2. The predicted octanol–water partition coefficient (Wildman–Crippen LogP) is 12.8. The standard InChI is InChI=1S/C47H80NO8P/c1-3-5-7-9-11-13-15-17-19-21-22-24-26-28-30-32-34-36-38-40-47(50)56-45(44-55-57(51,52)54-42-41-48)43-53-46(49)39-37-35-33-31-29-27-25-23-20-18-16-14-12-10-8-6-4-2/h11-14,17-20,22,24,28,30,34,36,45H,3-10,15-16,21,23,25-27,29,31-33,35,37-44,48H2,1-2H3,(H,51,52)/b13-11-,14-12-,19-17-,20-18-,24-22-,30-28-,36-34-/t45-/m1/s1. The van der Waals surface area contributed by atoms with Crippen LogP contribution in [-0.2, 0) is 32.7 Å². The highest BCUT2D eigenvalue weighted by molar-refractivity contribution is 7.47. The third-order valence-electron chi connectivity index (χ3n) is 8.77. The van der Waals surface area contributed by atoms with Gasteiger partial charge in [0.2, 0.25) is 0 Å². The minimum absolute atomic E-state index is 0.0367. The van der Waals surface area contributed by atoms with Gasteiger partial charge in [-0.1, -0.05) is 157 Å². The lowest BCUT2D eigenvalue weighted by molar-refractivity contribution is -0.161. The zero-order chi connectivity index (χ0) is 41.8. The summed E-state index contributed by atoms with van der Waals surface area (Å²) < 4.78 is 32.7. The molecule has 9 nitrogen and oxygen atoms in total. The van der Waals surface area contributed by atoms with Gasteiger partial charge in [-0.2, -0.15) is 0 Å². The number of esters is 2. The number of nitrogens with two attached hydrogens (primary N) is 1. The third-order valence-corrected chi connectivity index (χ3v) is 9.75. The van der Waals surface area contributed by atoms with Gasteiger partial charge in [-0.25, -0.2) is 4.57 Å². The molecule has 0 rings (SSSR count). The van der Waals surface area contributed by atoms with Crippen LogP contribution in [0.3, 0.4) is 0 Å². The van der Waals surface area contributed by atoms with Gasteiger partial charge < -0.3 is 20.1 Å². The smallest absolute Gasteiger partial charge is 0.462 e. The van der Waals surface area contributed by atoms with Crippen LogP contribution in [0.5, 0.6) is 0 Å². The first-order valence-corrected chi connectivity index (χ1v) is 23.6. The Morgan fingerprint density at radius 2 is 0.947 bits per heavy atom. The molecule has 0 aliphatic carbocycles. The van der Waals surface area contributed by atoms with Crippen LogP contribution >= 0.6 is 7.82 Å². The Morgan fingerprint density at radius 3 is 1.42 bits per heavy atom. The van der Waals surface area contributed by atoms with Gasteiger partial charge >= 0.3 is 19.8 Å². The first kappa shape index (κ1) is 54.2. The molecule has 57 heavy (non-hydrogen) atoms. The van der Waals surface area contributed by atoms with Crippen molar-refractivity contribution < 1.29 is 37.6 Å². The molecule has 0 aliphatic heterocycles. The molecule has 0 aromatic heterocycles. The van der Waals surface area contributed by atoms with E-state index in [4.69, 9.17) is 24.3 Å². The molecule has 0 saturated carbocycles. The number of carbonyl (C=O) groups excluding carboxylic acids is 2. The van der Waals surface area contributed by atoms with Crippen LogP contribution < -0.4 is 5.73 Å². The molecule has 0 aromatic rings. The Morgan fingerprint density at radius 1 is 0.526 bits per heavy atom. The van der Waals surface area contributed by atoms with Crippen LogP contribution in [0.1, 0.15) is 168 Å². The van der Waals surface area contributed by atoms with Crippen molar-refractivity contribution in [2.45, 2.75) is 174 Å². The average Bonchev–Trinajstić information content (AvgIpc) is 3.20. The quantitative estimate of drug-likeness (QED) is 0.0268. The summed E-state index contributed by atoms with van der Waals surface area (Å²) >= 11 is 0. The first-order valence-electron chi connectivity index (χ1n) is 22.1. The molecule has 10 heteroatoms. The zero-order valence-corrected chi connectivity index (χ0v) is 36.7. The van der Waals surface area contributed by atoms with Crippen LogP contribution in [0.2, 0.25) is 0 Å². The van der Waals surface area contributed by atoms with E-state index < -0.39 is 32.5 Å². The van der Waals surface area contributed by atoms with Crippen LogP contribution in [0.25, 0.3) is 0 Å². The summed E-state index contributed by atoms with van der Waals surface area (Å²) in [6.07, 6.45) is 53.4. The highest BCUT2D eigenvalue weighted by atomic mass is 31.2. The van der Waals surface area contributed by atoms with Crippen molar-refractivity contribution in [3.63, 3.8) is 0 Å². The van der Waals surface area contributed by atoms with Gasteiger partial charge in [0.25, 0.3) is 0 Å². The lowest BCUT2D eigenvalue weighted by Crippen LogP contribution is -2.29. The molecule has 0 amide bonds. The largest absolute Gasteiger partial charge is 0.472 e. The number of hydrogen-bond acceptors (Lipinski definition) is 8. The van der Waals surface area contributed by atoms with Gasteiger partial charge in [0.15, 0.2) is 6.10 Å². The Hall–Kier alpha value is -2.81. The van der Waals surface area contributed by atoms with Gasteiger partial charge in [0.1, 0.15) is 6.61 Å². The van der Waals surface area contributed by atoms with Crippen molar-refractivity contribution in [3.05, 3.63) is 85.1 Å². The maximum atomic E-state index is 12.6. The van der Waals surface area contributed by atoms with Crippen LogP contribution in [0.4, 0.5) is 0 Å². The topological polar surface area (TPSA) is 134 Å². The monoisotopic (exact) mass is 818 g/mol. The van der Waals surface area contributed by atoms with Gasteiger partial charge in [-0.15, -0.1) is 0 Å². The van der Waals surface area contributed by atoms with E-state index >= 15 is 0 Å². The first-order chi connectivity index (χ1) is 27.8. The summed E-state index contributed by atoms with van der Waals surface area (Å²) in [6, 6.07) is 0. The molecule has 0 fully saturated rings. The van der Waals surface area contributed by atoms with E-state index in [9.17, 15) is 19.0 Å². The van der Waals surface area contributed by atoms with Gasteiger partial charge in [0, 0.05) is 19.4 Å². The molecule has 326 valence electrons. The highest BCUT2D eigenvalue weighted by Crippen LogP contribution is 2.43.